The molecule has 128 valence electrons. The molecule has 5 nitrogen and oxygen atoms in total. The minimum atomic E-state index is 0.0550. The fourth-order valence-electron chi connectivity index (χ4n) is 3.03. The summed E-state index contributed by atoms with van der Waals surface area (Å²) in [4.78, 5) is 16.8. The largest absolute Gasteiger partial charge is 0.395 e. The van der Waals surface area contributed by atoms with E-state index in [0.29, 0.717) is 12.5 Å². The van der Waals surface area contributed by atoms with Crippen LogP contribution < -0.4 is 5.32 Å². The molecule has 0 bridgehead atoms. The summed E-state index contributed by atoms with van der Waals surface area (Å²) >= 11 is 0. The molecule has 1 aliphatic rings. The number of amides is 1. The second-order valence-corrected chi connectivity index (χ2v) is 6.54. The van der Waals surface area contributed by atoms with Crippen molar-refractivity contribution in [2.24, 2.45) is 5.92 Å². The Bertz CT molecular complexity index is 470. The zero-order valence-electron chi connectivity index (χ0n) is 14.2. The van der Waals surface area contributed by atoms with Crippen LogP contribution >= 0.6 is 0 Å². The van der Waals surface area contributed by atoms with Gasteiger partial charge in [-0.15, -0.1) is 0 Å². The molecule has 1 saturated heterocycles. The molecule has 1 aromatic rings. The molecule has 1 heterocycles. The number of benzene rings is 1. The molecule has 0 spiro atoms. The van der Waals surface area contributed by atoms with Gasteiger partial charge in [0.2, 0.25) is 5.91 Å². The molecule has 1 aromatic carbocycles. The van der Waals surface area contributed by atoms with Crippen LogP contribution in [0.2, 0.25) is 0 Å². The van der Waals surface area contributed by atoms with Crippen molar-refractivity contribution in [1.82, 2.24) is 15.1 Å². The lowest BCUT2D eigenvalue weighted by Crippen LogP contribution is -2.50. The number of piperazine rings is 1. The van der Waals surface area contributed by atoms with Gasteiger partial charge in [-0.2, -0.15) is 0 Å². The third-order valence-corrected chi connectivity index (χ3v) is 4.39. The number of carbonyl (C=O) groups is 1. The molecule has 23 heavy (non-hydrogen) atoms. The molecule has 5 heteroatoms. The summed E-state index contributed by atoms with van der Waals surface area (Å²) in [5, 5.41) is 12.2. The van der Waals surface area contributed by atoms with E-state index in [1.165, 1.54) is 0 Å². The lowest BCUT2D eigenvalue weighted by Gasteiger charge is -2.34. The van der Waals surface area contributed by atoms with E-state index in [-0.39, 0.29) is 18.6 Å². The van der Waals surface area contributed by atoms with Crippen molar-refractivity contribution >= 4 is 5.91 Å². The van der Waals surface area contributed by atoms with Gasteiger partial charge < -0.3 is 10.4 Å². The van der Waals surface area contributed by atoms with Crippen LogP contribution in [0.4, 0.5) is 0 Å². The molecule has 0 aromatic heterocycles. The second-order valence-electron chi connectivity index (χ2n) is 6.54. The van der Waals surface area contributed by atoms with Gasteiger partial charge in [-0.05, 0) is 11.5 Å². The third kappa shape index (κ3) is 5.61. The molecular weight excluding hydrogens is 290 g/mol. The normalized spacial score (nSPS) is 18.1. The molecule has 0 aliphatic carbocycles. The molecule has 2 rings (SSSR count). The van der Waals surface area contributed by atoms with Crippen LogP contribution in [0.3, 0.4) is 0 Å². The number of rotatable bonds is 7. The van der Waals surface area contributed by atoms with Gasteiger partial charge >= 0.3 is 0 Å². The smallest absolute Gasteiger partial charge is 0.234 e. The lowest BCUT2D eigenvalue weighted by molar-refractivity contribution is -0.123. The Morgan fingerprint density at radius 3 is 2.30 bits per heavy atom. The Morgan fingerprint density at radius 2 is 1.74 bits per heavy atom. The van der Waals surface area contributed by atoms with Crippen molar-refractivity contribution in [3.8, 4) is 0 Å². The van der Waals surface area contributed by atoms with Crippen molar-refractivity contribution in [3.05, 3.63) is 35.9 Å². The topological polar surface area (TPSA) is 55.8 Å². The Labute approximate surface area is 139 Å². The van der Waals surface area contributed by atoms with E-state index in [0.717, 1.165) is 38.3 Å². The number of aliphatic hydroxyl groups excluding tert-OH is 1. The standard InChI is InChI=1S/C18H29N3O2/c1-15(2)18(16-6-4-3-5-7-16)19-17(23)14-21-10-8-20(9-11-21)12-13-22/h3-7,15,18,22H,8-14H2,1-2H3,(H,19,23). The Kier molecular flexibility index (Phi) is 7.02. The number of nitrogens with one attached hydrogen (secondary N) is 1. The summed E-state index contributed by atoms with van der Waals surface area (Å²) < 4.78 is 0. The van der Waals surface area contributed by atoms with Crippen molar-refractivity contribution in [1.29, 1.82) is 0 Å². The Morgan fingerprint density at radius 1 is 1.13 bits per heavy atom. The van der Waals surface area contributed by atoms with Crippen LogP contribution in [0.25, 0.3) is 0 Å². The first kappa shape index (κ1) is 17.9. The van der Waals surface area contributed by atoms with Gasteiger partial charge in [0.05, 0.1) is 19.2 Å². The zero-order valence-corrected chi connectivity index (χ0v) is 14.2. The van der Waals surface area contributed by atoms with Gasteiger partial charge in [0.25, 0.3) is 0 Å². The molecule has 2 N–H and O–H groups in total. The maximum Gasteiger partial charge on any atom is 0.234 e. The highest BCUT2D eigenvalue weighted by Gasteiger charge is 2.22. The number of carbonyl (C=O) groups excluding carboxylic acids is 1. The molecule has 1 atom stereocenters. The predicted molar refractivity (Wildman–Crippen MR) is 92.1 cm³/mol. The van der Waals surface area contributed by atoms with Crippen molar-refractivity contribution in [2.75, 3.05) is 45.9 Å². The number of hydrogen-bond acceptors (Lipinski definition) is 4. The first-order valence-corrected chi connectivity index (χ1v) is 8.50. The van der Waals surface area contributed by atoms with Gasteiger partial charge in [-0.3, -0.25) is 14.6 Å². The van der Waals surface area contributed by atoms with Gasteiger partial charge in [-0.1, -0.05) is 44.2 Å². The molecule has 1 aliphatic heterocycles. The van der Waals surface area contributed by atoms with Crippen molar-refractivity contribution in [3.63, 3.8) is 0 Å². The highest BCUT2D eigenvalue weighted by Crippen LogP contribution is 2.21. The fourth-order valence-corrected chi connectivity index (χ4v) is 3.03. The quantitative estimate of drug-likeness (QED) is 0.790. The molecular formula is C18H29N3O2. The third-order valence-electron chi connectivity index (χ3n) is 4.39. The van der Waals surface area contributed by atoms with Gasteiger partial charge in [-0.25, -0.2) is 0 Å². The van der Waals surface area contributed by atoms with Crippen LogP contribution in [-0.2, 0) is 4.79 Å². The van der Waals surface area contributed by atoms with E-state index >= 15 is 0 Å². The summed E-state index contributed by atoms with van der Waals surface area (Å²) in [7, 11) is 0. The van der Waals surface area contributed by atoms with E-state index < -0.39 is 0 Å². The van der Waals surface area contributed by atoms with E-state index in [1.807, 2.05) is 18.2 Å². The van der Waals surface area contributed by atoms with Gasteiger partial charge in [0.15, 0.2) is 0 Å². The lowest BCUT2D eigenvalue weighted by atomic mass is 9.96. The minimum absolute atomic E-state index is 0.0550. The Balaban J connectivity index is 1.83. The predicted octanol–water partition coefficient (Wildman–Crippen LogP) is 1.11. The van der Waals surface area contributed by atoms with Crippen LogP contribution in [-0.4, -0.2) is 66.7 Å². The SMILES string of the molecule is CC(C)C(NC(=O)CN1CCN(CCO)CC1)c1ccccc1. The average Bonchev–Trinajstić information content (AvgIpc) is 2.55. The van der Waals surface area contributed by atoms with Crippen molar-refractivity contribution < 1.29 is 9.90 Å². The monoisotopic (exact) mass is 319 g/mol. The number of aliphatic hydroxyl groups is 1. The highest BCUT2D eigenvalue weighted by molar-refractivity contribution is 5.78. The summed E-state index contributed by atoms with van der Waals surface area (Å²) in [5.74, 6) is 0.436. The van der Waals surface area contributed by atoms with Crippen LogP contribution in [0.1, 0.15) is 25.5 Å². The summed E-state index contributed by atoms with van der Waals surface area (Å²) in [6.45, 7) is 9.23. The minimum Gasteiger partial charge on any atom is -0.395 e. The van der Waals surface area contributed by atoms with Crippen LogP contribution in [0, 0.1) is 5.92 Å². The number of β-amino-alcohol motifs (C(OH)–C–C–N with tert-alkyl or cyclic N) is 1. The van der Waals surface area contributed by atoms with Crippen molar-refractivity contribution in [2.45, 2.75) is 19.9 Å². The zero-order chi connectivity index (χ0) is 16.7. The van der Waals surface area contributed by atoms with E-state index in [1.54, 1.807) is 0 Å². The summed E-state index contributed by atoms with van der Waals surface area (Å²) in [6, 6.07) is 10.2. The van der Waals surface area contributed by atoms with E-state index in [4.69, 9.17) is 5.11 Å². The van der Waals surface area contributed by atoms with Crippen LogP contribution in [0.5, 0.6) is 0 Å². The Hall–Kier alpha value is -1.43. The van der Waals surface area contributed by atoms with E-state index in [2.05, 4.69) is 41.1 Å². The molecule has 0 radical (unpaired) electrons. The van der Waals surface area contributed by atoms with Gasteiger partial charge in [0, 0.05) is 32.7 Å². The molecule has 1 fully saturated rings. The van der Waals surface area contributed by atoms with E-state index in [9.17, 15) is 4.79 Å². The maximum atomic E-state index is 12.4. The van der Waals surface area contributed by atoms with Crippen LogP contribution in [0.15, 0.2) is 30.3 Å². The van der Waals surface area contributed by atoms with Gasteiger partial charge in [0.1, 0.15) is 0 Å². The summed E-state index contributed by atoms with van der Waals surface area (Å²) in [6.07, 6.45) is 0. The fraction of sp³-hybridized carbons (Fsp3) is 0.611. The highest BCUT2D eigenvalue weighted by atomic mass is 16.3. The molecule has 0 saturated carbocycles. The first-order valence-electron chi connectivity index (χ1n) is 8.50. The average molecular weight is 319 g/mol. The number of nitrogens with zero attached hydrogens (tertiary/aromatic N) is 2. The maximum absolute atomic E-state index is 12.4. The summed E-state index contributed by atoms with van der Waals surface area (Å²) in [5.41, 5.74) is 1.16. The molecule has 1 amide bonds. The molecule has 1 unspecified atom stereocenters. The number of hydrogen-bond donors (Lipinski definition) is 2. The second kappa shape index (κ2) is 9.01. The first-order chi connectivity index (χ1) is 11.1.